The molecular formula is C23H39N7O3Si. The van der Waals surface area contributed by atoms with Gasteiger partial charge in [-0.05, 0) is 39.7 Å². The van der Waals surface area contributed by atoms with Crippen LogP contribution < -0.4 is 5.73 Å². The second kappa shape index (κ2) is 10.6. The lowest BCUT2D eigenvalue weighted by Gasteiger charge is -2.37. The van der Waals surface area contributed by atoms with Gasteiger partial charge in [0, 0.05) is 39.5 Å². The summed E-state index contributed by atoms with van der Waals surface area (Å²) in [5.41, 5.74) is 7.55. The van der Waals surface area contributed by atoms with Crippen LogP contribution in [0.3, 0.4) is 0 Å². The maximum Gasteiger partial charge on any atom is 0.216 e. The number of piperidine rings is 1. The number of ether oxygens (including phenoxy) is 2. The topological polar surface area (TPSA) is 127 Å². The summed E-state index contributed by atoms with van der Waals surface area (Å²) in [4.78, 5) is 1.90. The van der Waals surface area contributed by atoms with Gasteiger partial charge >= 0.3 is 0 Å². The van der Waals surface area contributed by atoms with E-state index in [1.807, 2.05) is 31.9 Å². The lowest BCUT2D eigenvalue weighted by atomic mass is 10.1. The molecule has 2 aromatic rings. The second-order valence-corrected chi connectivity index (χ2v) is 16.7. The molecule has 0 amide bonds. The van der Waals surface area contributed by atoms with E-state index in [-0.39, 0.29) is 6.04 Å². The summed E-state index contributed by atoms with van der Waals surface area (Å²) in [5.74, 6) is 0.363. The Balaban J connectivity index is 1.66. The van der Waals surface area contributed by atoms with E-state index in [1.165, 1.54) is 0 Å². The van der Waals surface area contributed by atoms with E-state index in [2.05, 4.69) is 30.8 Å². The Morgan fingerprint density at radius 2 is 1.97 bits per heavy atom. The molecule has 0 saturated carbocycles. The van der Waals surface area contributed by atoms with Gasteiger partial charge in [-0.25, -0.2) is 9.36 Å². The van der Waals surface area contributed by atoms with E-state index < -0.39 is 20.1 Å². The maximum atomic E-state index is 10.4. The van der Waals surface area contributed by atoms with Gasteiger partial charge in [-0.1, -0.05) is 19.6 Å². The smallest absolute Gasteiger partial charge is 0.216 e. The molecular weight excluding hydrogens is 450 g/mol. The predicted molar refractivity (Wildman–Crippen MR) is 133 cm³/mol. The first-order chi connectivity index (χ1) is 15.9. The summed E-state index contributed by atoms with van der Waals surface area (Å²) in [6.45, 7) is 15.1. The van der Waals surface area contributed by atoms with E-state index >= 15 is 0 Å². The monoisotopic (exact) mass is 489 g/mol. The van der Waals surface area contributed by atoms with Crippen LogP contribution in [0.25, 0.3) is 11.3 Å². The SMILES string of the molecule is CC(C)(C)OC(O)N1CCC(n2nc(-c3cnn(COCC[Si](C)(C)C)c3)c(C#N)c2N)CC1. The molecule has 1 aliphatic heterocycles. The van der Waals surface area contributed by atoms with Crippen molar-refractivity contribution in [1.82, 2.24) is 24.5 Å². The quantitative estimate of drug-likeness (QED) is 0.312. The van der Waals surface area contributed by atoms with Crippen LogP contribution in [0.5, 0.6) is 0 Å². The number of nitrogens with two attached hydrogens (primary N) is 1. The average Bonchev–Trinajstić information content (AvgIpc) is 3.33. The summed E-state index contributed by atoms with van der Waals surface area (Å²) in [6.07, 6.45) is 4.07. The minimum atomic E-state index is -1.14. The molecule has 2 aromatic heterocycles. The average molecular weight is 490 g/mol. The van der Waals surface area contributed by atoms with Crippen molar-refractivity contribution in [3.63, 3.8) is 0 Å². The normalized spacial score (nSPS) is 17.1. The van der Waals surface area contributed by atoms with Gasteiger partial charge in [0.25, 0.3) is 0 Å². The minimum absolute atomic E-state index is 0.0406. The van der Waals surface area contributed by atoms with Crippen LogP contribution in [0.2, 0.25) is 25.7 Å². The lowest BCUT2D eigenvalue weighted by Crippen LogP contribution is -2.46. The first kappa shape index (κ1) is 26.4. The number of hydrogen-bond acceptors (Lipinski definition) is 8. The van der Waals surface area contributed by atoms with Crippen molar-refractivity contribution in [1.29, 1.82) is 5.26 Å². The molecule has 10 nitrogen and oxygen atoms in total. The van der Waals surface area contributed by atoms with Gasteiger partial charge in [-0.2, -0.15) is 15.5 Å². The van der Waals surface area contributed by atoms with Crippen molar-refractivity contribution < 1.29 is 14.6 Å². The molecule has 1 atom stereocenters. The maximum absolute atomic E-state index is 10.4. The molecule has 3 heterocycles. The molecule has 0 bridgehead atoms. The molecule has 0 radical (unpaired) electrons. The minimum Gasteiger partial charge on any atom is -0.383 e. The van der Waals surface area contributed by atoms with Crippen LogP contribution in [0.4, 0.5) is 5.82 Å². The van der Waals surface area contributed by atoms with Gasteiger partial charge in [0.1, 0.15) is 29.9 Å². The number of aliphatic hydroxyl groups excluding tert-OH is 1. The lowest BCUT2D eigenvalue weighted by molar-refractivity contribution is -0.243. The molecule has 188 valence electrons. The number of likely N-dealkylation sites (tertiary alicyclic amines) is 1. The number of aliphatic hydroxyl groups is 1. The number of nitriles is 1. The van der Waals surface area contributed by atoms with Gasteiger partial charge in [0.15, 0.2) is 0 Å². The number of aromatic nitrogens is 4. The van der Waals surface area contributed by atoms with Crippen molar-refractivity contribution in [2.45, 2.75) is 84.1 Å². The van der Waals surface area contributed by atoms with Crippen LogP contribution in [-0.4, -0.2) is 69.4 Å². The van der Waals surface area contributed by atoms with Crippen LogP contribution in [-0.2, 0) is 16.2 Å². The van der Waals surface area contributed by atoms with Crippen LogP contribution in [0.1, 0.15) is 45.2 Å². The highest BCUT2D eigenvalue weighted by Crippen LogP contribution is 2.32. The molecule has 11 heteroatoms. The van der Waals surface area contributed by atoms with E-state index in [1.54, 1.807) is 15.6 Å². The van der Waals surface area contributed by atoms with Gasteiger partial charge in [-0.3, -0.25) is 4.90 Å². The Bertz CT molecular complexity index is 992. The van der Waals surface area contributed by atoms with Crippen molar-refractivity contribution in [3.05, 3.63) is 18.0 Å². The fourth-order valence-corrected chi connectivity index (χ4v) is 4.63. The highest BCUT2D eigenvalue weighted by molar-refractivity contribution is 6.76. The number of rotatable bonds is 9. The van der Waals surface area contributed by atoms with Crippen molar-refractivity contribution in [3.8, 4) is 17.3 Å². The number of nitrogen functional groups attached to an aromatic ring is 1. The summed E-state index contributed by atoms with van der Waals surface area (Å²) < 4.78 is 14.9. The second-order valence-electron chi connectivity index (χ2n) is 11.1. The van der Waals surface area contributed by atoms with Gasteiger partial charge < -0.3 is 20.3 Å². The molecule has 0 aromatic carbocycles. The van der Waals surface area contributed by atoms with E-state index in [9.17, 15) is 10.4 Å². The standard InChI is InChI=1S/C23H39N7O3Si/c1-23(2,3)33-22(31)28-9-7-18(8-10-28)30-21(25)19(13-24)20(27-30)17-14-26-29(15-17)16-32-11-12-34(4,5)6/h14-15,18,22,31H,7-12,16,25H2,1-6H3. The summed E-state index contributed by atoms with van der Waals surface area (Å²) >= 11 is 0. The summed E-state index contributed by atoms with van der Waals surface area (Å²) in [7, 11) is -1.14. The Morgan fingerprint density at radius 3 is 2.56 bits per heavy atom. The number of anilines is 1. The highest BCUT2D eigenvalue weighted by atomic mass is 28.3. The third kappa shape index (κ3) is 6.90. The molecule has 1 unspecified atom stereocenters. The fraction of sp³-hybridized carbons (Fsp3) is 0.696. The van der Waals surface area contributed by atoms with Gasteiger partial charge in [0.2, 0.25) is 6.41 Å². The molecule has 3 rings (SSSR count). The predicted octanol–water partition coefficient (Wildman–Crippen LogP) is 3.24. The zero-order chi connectivity index (χ0) is 25.1. The Hall–Kier alpha value is -2.23. The molecule has 0 spiro atoms. The number of hydrogen-bond donors (Lipinski definition) is 2. The Morgan fingerprint density at radius 1 is 1.29 bits per heavy atom. The van der Waals surface area contributed by atoms with Crippen molar-refractivity contribution >= 4 is 13.9 Å². The third-order valence-corrected chi connectivity index (χ3v) is 7.51. The Kier molecular flexibility index (Phi) is 8.20. The fourth-order valence-electron chi connectivity index (χ4n) is 3.87. The molecule has 1 aliphatic rings. The number of nitrogens with zero attached hydrogens (tertiary/aromatic N) is 6. The van der Waals surface area contributed by atoms with Crippen molar-refractivity contribution in [2.75, 3.05) is 25.4 Å². The summed E-state index contributed by atoms with van der Waals surface area (Å²) in [5, 5.41) is 29.2. The molecule has 3 N–H and O–H groups in total. The van der Waals surface area contributed by atoms with Crippen molar-refractivity contribution in [2.24, 2.45) is 0 Å². The zero-order valence-electron chi connectivity index (χ0n) is 21.3. The molecule has 1 saturated heterocycles. The van der Waals surface area contributed by atoms with E-state index in [0.29, 0.717) is 43.5 Å². The van der Waals surface area contributed by atoms with Crippen LogP contribution in [0.15, 0.2) is 12.4 Å². The molecule has 34 heavy (non-hydrogen) atoms. The first-order valence-electron chi connectivity index (χ1n) is 11.9. The highest BCUT2D eigenvalue weighted by Gasteiger charge is 2.30. The van der Waals surface area contributed by atoms with E-state index in [0.717, 1.165) is 24.4 Å². The largest absolute Gasteiger partial charge is 0.383 e. The van der Waals surface area contributed by atoms with Gasteiger partial charge in [-0.15, -0.1) is 0 Å². The van der Waals surface area contributed by atoms with E-state index in [4.69, 9.17) is 20.3 Å². The molecule has 0 aliphatic carbocycles. The van der Waals surface area contributed by atoms with Gasteiger partial charge in [0.05, 0.1) is 17.8 Å². The third-order valence-electron chi connectivity index (χ3n) is 5.80. The molecule has 1 fully saturated rings. The van der Waals surface area contributed by atoms with Crippen LogP contribution in [0, 0.1) is 11.3 Å². The van der Waals surface area contributed by atoms with Crippen LogP contribution >= 0.6 is 0 Å². The summed E-state index contributed by atoms with van der Waals surface area (Å²) in [6, 6.07) is 3.35. The Labute approximate surface area is 203 Å². The first-order valence-corrected chi connectivity index (χ1v) is 15.6. The zero-order valence-corrected chi connectivity index (χ0v) is 22.3.